The van der Waals surface area contributed by atoms with Gasteiger partial charge in [-0.05, 0) is 43.7 Å². The quantitative estimate of drug-likeness (QED) is 0.460. The van der Waals surface area contributed by atoms with Crippen molar-refractivity contribution < 1.29 is 8.42 Å². The molecule has 30 heavy (non-hydrogen) atoms. The van der Waals surface area contributed by atoms with E-state index in [1.54, 1.807) is 29.5 Å². The zero-order chi connectivity index (χ0) is 21.5. The minimum Gasteiger partial charge on any atom is -0.345 e. The van der Waals surface area contributed by atoms with Gasteiger partial charge < -0.3 is 4.90 Å². The van der Waals surface area contributed by atoms with E-state index in [1.807, 2.05) is 0 Å². The topological polar surface area (TPSA) is 53.5 Å². The van der Waals surface area contributed by atoms with Crippen LogP contribution in [0.3, 0.4) is 0 Å². The Labute approximate surface area is 194 Å². The fourth-order valence-corrected chi connectivity index (χ4v) is 6.80. The summed E-state index contributed by atoms with van der Waals surface area (Å²) in [7, 11) is -3.63. The minimum atomic E-state index is -3.63. The highest BCUT2D eigenvalue weighted by Crippen LogP contribution is 2.32. The van der Waals surface area contributed by atoms with Crippen LogP contribution in [0.25, 0.3) is 11.3 Å². The van der Waals surface area contributed by atoms with E-state index >= 15 is 0 Å². The molecule has 0 amide bonds. The maximum atomic E-state index is 13.0. The SMILES string of the molecule is Cc1ccc(C)c(-c2csc(N3CCN(S(=O)(=O)c4ccc(Br)cc4Cl)CC3)n2)c1. The van der Waals surface area contributed by atoms with Gasteiger partial charge in [-0.2, -0.15) is 4.31 Å². The van der Waals surface area contributed by atoms with Gasteiger partial charge in [0.25, 0.3) is 0 Å². The summed E-state index contributed by atoms with van der Waals surface area (Å²) < 4.78 is 28.3. The third-order valence-electron chi connectivity index (χ3n) is 5.18. The van der Waals surface area contributed by atoms with Crippen LogP contribution in [-0.4, -0.2) is 43.9 Å². The third kappa shape index (κ3) is 4.29. The lowest BCUT2D eigenvalue weighted by Gasteiger charge is -2.34. The summed E-state index contributed by atoms with van der Waals surface area (Å²) in [5.74, 6) is 0. The van der Waals surface area contributed by atoms with Crippen molar-refractivity contribution in [2.24, 2.45) is 0 Å². The Bertz CT molecular complexity index is 1190. The molecule has 0 spiro atoms. The monoisotopic (exact) mass is 525 g/mol. The molecule has 0 N–H and O–H groups in total. The lowest BCUT2D eigenvalue weighted by Crippen LogP contribution is -2.48. The predicted molar refractivity (Wildman–Crippen MR) is 127 cm³/mol. The molecule has 0 unspecified atom stereocenters. The van der Waals surface area contributed by atoms with Crippen molar-refractivity contribution in [3.8, 4) is 11.3 Å². The van der Waals surface area contributed by atoms with Crippen molar-refractivity contribution in [1.29, 1.82) is 0 Å². The highest BCUT2D eigenvalue weighted by molar-refractivity contribution is 9.10. The minimum absolute atomic E-state index is 0.146. The van der Waals surface area contributed by atoms with Crippen molar-refractivity contribution in [3.05, 3.63) is 62.4 Å². The summed E-state index contributed by atoms with van der Waals surface area (Å²) in [6, 6.07) is 11.2. The summed E-state index contributed by atoms with van der Waals surface area (Å²) in [6.07, 6.45) is 0. The Balaban J connectivity index is 1.49. The Morgan fingerprint density at radius 3 is 2.50 bits per heavy atom. The predicted octanol–water partition coefficient (Wildman–Crippen LogP) is 5.35. The van der Waals surface area contributed by atoms with Gasteiger partial charge in [-0.3, -0.25) is 0 Å². The zero-order valence-electron chi connectivity index (χ0n) is 16.6. The van der Waals surface area contributed by atoms with Crippen LogP contribution >= 0.6 is 38.9 Å². The van der Waals surface area contributed by atoms with Crippen molar-refractivity contribution in [2.45, 2.75) is 18.7 Å². The second kappa shape index (κ2) is 8.59. The first kappa shape index (κ1) is 21.8. The lowest BCUT2D eigenvalue weighted by molar-refractivity contribution is 0.385. The summed E-state index contributed by atoms with van der Waals surface area (Å²) in [5.41, 5.74) is 4.51. The lowest BCUT2D eigenvalue weighted by atomic mass is 10.0. The van der Waals surface area contributed by atoms with Gasteiger partial charge in [0.05, 0.1) is 10.7 Å². The molecular formula is C21H21BrClN3O2S2. The number of rotatable bonds is 4. The van der Waals surface area contributed by atoms with E-state index in [0.29, 0.717) is 26.2 Å². The zero-order valence-corrected chi connectivity index (χ0v) is 20.6. The molecule has 1 saturated heterocycles. The van der Waals surface area contributed by atoms with E-state index in [1.165, 1.54) is 15.4 Å². The number of aryl methyl sites for hydroxylation is 2. The Morgan fingerprint density at radius 2 is 1.80 bits per heavy atom. The highest BCUT2D eigenvalue weighted by Gasteiger charge is 2.31. The maximum absolute atomic E-state index is 13.0. The second-order valence-corrected chi connectivity index (χ2v) is 11.4. The van der Waals surface area contributed by atoms with Crippen LogP contribution in [0, 0.1) is 13.8 Å². The first-order valence-electron chi connectivity index (χ1n) is 9.49. The molecule has 1 aromatic heterocycles. The number of hydrogen-bond donors (Lipinski definition) is 0. The van der Waals surface area contributed by atoms with E-state index in [-0.39, 0.29) is 9.92 Å². The number of halogens is 2. The van der Waals surface area contributed by atoms with E-state index in [0.717, 1.165) is 20.9 Å². The number of piperazine rings is 1. The number of sulfonamides is 1. The van der Waals surface area contributed by atoms with Gasteiger partial charge in [0.1, 0.15) is 4.90 Å². The molecule has 4 rings (SSSR count). The molecule has 0 aliphatic carbocycles. The second-order valence-electron chi connectivity index (χ2n) is 7.30. The molecule has 2 heterocycles. The van der Waals surface area contributed by atoms with Gasteiger partial charge in [-0.15, -0.1) is 11.3 Å². The summed E-state index contributed by atoms with van der Waals surface area (Å²) >= 11 is 11.1. The van der Waals surface area contributed by atoms with Gasteiger partial charge in [0, 0.05) is 41.6 Å². The van der Waals surface area contributed by atoms with Crippen molar-refractivity contribution in [1.82, 2.24) is 9.29 Å². The van der Waals surface area contributed by atoms with E-state index in [4.69, 9.17) is 16.6 Å². The smallest absolute Gasteiger partial charge is 0.244 e. The van der Waals surface area contributed by atoms with E-state index in [9.17, 15) is 8.42 Å². The first-order valence-corrected chi connectivity index (χ1v) is 13.0. The van der Waals surface area contributed by atoms with Gasteiger partial charge in [0.2, 0.25) is 10.0 Å². The summed E-state index contributed by atoms with van der Waals surface area (Å²) in [4.78, 5) is 7.12. The molecule has 1 aliphatic rings. The molecule has 2 aromatic carbocycles. The normalized spacial score (nSPS) is 15.5. The Morgan fingerprint density at radius 1 is 1.07 bits per heavy atom. The fourth-order valence-electron chi connectivity index (χ4n) is 3.49. The molecule has 9 heteroatoms. The average Bonchev–Trinajstić information content (AvgIpc) is 3.19. The Hall–Kier alpha value is -1.45. The van der Waals surface area contributed by atoms with Gasteiger partial charge in [-0.1, -0.05) is 45.2 Å². The molecule has 1 aliphatic heterocycles. The molecule has 1 fully saturated rings. The molecule has 5 nitrogen and oxygen atoms in total. The van der Waals surface area contributed by atoms with Crippen LogP contribution < -0.4 is 4.90 Å². The van der Waals surface area contributed by atoms with E-state index in [2.05, 4.69) is 58.3 Å². The molecule has 0 saturated carbocycles. The van der Waals surface area contributed by atoms with Gasteiger partial charge in [-0.25, -0.2) is 13.4 Å². The summed E-state index contributed by atoms with van der Waals surface area (Å²) in [6.45, 7) is 6.14. The van der Waals surface area contributed by atoms with Crippen molar-refractivity contribution in [3.63, 3.8) is 0 Å². The molecule has 0 bridgehead atoms. The molecule has 0 atom stereocenters. The first-order chi connectivity index (χ1) is 14.3. The summed E-state index contributed by atoms with van der Waals surface area (Å²) in [5, 5.41) is 3.22. The third-order valence-corrected chi connectivity index (χ3v) is 8.96. The van der Waals surface area contributed by atoms with E-state index < -0.39 is 10.0 Å². The number of anilines is 1. The van der Waals surface area contributed by atoms with Gasteiger partial charge >= 0.3 is 0 Å². The molecule has 0 radical (unpaired) electrons. The van der Waals surface area contributed by atoms with Crippen LogP contribution in [0.2, 0.25) is 5.02 Å². The van der Waals surface area contributed by atoms with Gasteiger partial charge in [0.15, 0.2) is 5.13 Å². The van der Waals surface area contributed by atoms with Crippen molar-refractivity contribution >= 4 is 54.0 Å². The standard InChI is InChI=1S/C21H21BrClN3O2S2/c1-14-3-4-15(2)17(11-14)19-13-29-21(24-19)25-7-9-26(10-8-25)30(27,28)20-6-5-16(22)12-18(20)23/h3-6,11-13H,7-10H2,1-2H3. The average molecular weight is 527 g/mol. The number of hydrogen-bond acceptors (Lipinski definition) is 5. The number of thiazole rings is 1. The maximum Gasteiger partial charge on any atom is 0.244 e. The van der Waals surface area contributed by atoms with Crippen LogP contribution in [0.5, 0.6) is 0 Å². The molecule has 158 valence electrons. The van der Waals surface area contributed by atoms with Crippen LogP contribution in [-0.2, 0) is 10.0 Å². The van der Waals surface area contributed by atoms with Crippen LogP contribution in [0.4, 0.5) is 5.13 Å². The van der Waals surface area contributed by atoms with Crippen LogP contribution in [0.15, 0.2) is 51.1 Å². The highest BCUT2D eigenvalue weighted by atomic mass is 79.9. The number of nitrogens with zero attached hydrogens (tertiary/aromatic N) is 3. The number of benzene rings is 2. The fraction of sp³-hybridized carbons (Fsp3) is 0.286. The van der Waals surface area contributed by atoms with Crippen molar-refractivity contribution in [2.75, 3.05) is 31.1 Å². The Kier molecular flexibility index (Phi) is 6.23. The largest absolute Gasteiger partial charge is 0.345 e. The molecule has 3 aromatic rings. The molecular weight excluding hydrogens is 506 g/mol. The number of aromatic nitrogens is 1. The van der Waals surface area contributed by atoms with Crippen LogP contribution in [0.1, 0.15) is 11.1 Å².